The highest BCUT2D eigenvalue weighted by Crippen LogP contribution is 2.30. The minimum Gasteiger partial charge on any atom is -0.276 e. The molecule has 0 atom stereocenters. The zero-order valence-corrected chi connectivity index (χ0v) is 13.1. The van der Waals surface area contributed by atoms with Gasteiger partial charge in [0, 0.05) is 17.3 Å². The first kappa shape index (κ1) is 15.0. The third kappa shape index (κ3) is 3.20. The number of aromatic nitrogens is 1. The summed E-state index contributed by atoms with van der Waals surface area (Å²) in [6.07, 6.45) is 1.84. The van der Waals surface area contributed by atoms with Gasteiger partial charge in [-0.1, -0.05) is 44.5 Å². The Labute approximate surface area is 128 Å². The number of hydrogen-bond acceptors (Lipinski definition) is 2. The molecule has 0 aliphatic carbocycles. The second-order valence-corrected chi connectivity index (χ2v) is 6.41. The van der Waals surface area contributed by atoms with Crippen molar-refractivity contribution >= 4 is 28.4 Å². The maximum atomic E-state index is 11.0. The zero-order valence-electron chi connectivity index (χ0n) is 11.6. The predicted octanol–water partition coefficient (Wildman–Crippen LogP) is 5.08. The number of carbonyl (C=O) groups excluding carboxylic acids is 1. The van der Waals surface area contributed by atoms with Crippen LogP contribution in [0.25, 0.3) is 11.3 Å². The van der Waals surface area contributed by atoms with Gasteiger partial charge in [0.2, 0.25) is 0 Å². The van der Waals surface area contributed by atoms with Crippen LogP contribution in [0.3, 0.4) is 0 Å². The fraction of sp³-hybridized carbons (Fsp3) is 0.250. The lowest BCUT2D eigenvalue weighted by Crippen LogP contribution is -2.11. The molecular weight excluding hydrogens is 293 g/mol. The van der Waals surface area contributed by atoms with Crippen LogP contribution in [-0.2, 0) is 5.41 Å². The molecule has 20 heavy (non-hydrogen) atoms. The Bertz CT molecular complexity index is 643. The fourth-order valence-electron chi connectivity index (χ4n) is 1.82. The molecule has 104 valence electrons. The molecule has 0 radical (unpaired) electrons. The molecule has 0 amide bonds. The molecule has 0 saturated heterocycles. The van der Waals surface area contributed by atoms with Crippen LogP contribution in [0.5, 0.6) is 0 Å². The Morgan fingerprint density at radius 1 is 1.15 bits per heavy atom. The van der Waals surface area contributed by atoms with Crippen LogP contribution < -0.4 is 0 Å². The van der Waals surface area contributed by atoms with E-state index in [0.717, 1.165) is 11.1 Å². The van der Waals surface area contributed by atoms with Crippen molar-refractivity contribution in [3.05, 3.63) is 52.7 Å². The first-order valence-corrected chi connectivity index (χ1v) is 7.01. The number of rotatable bonds is 2. The molecule has 2 aromatic rings. The van der Waals surface area contributed by atoms with Crippen LogP contribution in [0.1, 0.15) is 36.7 Å². The fourth-order valence-corrected chi connectivity index (χ4v) is 2.22. The van der Waals surface area contributed by atoms with Crippen molar-refractivity contribution in [3.63, 3.8) is 0 Å². The first-order valence-electron chi connectivity index (χ1n) is 6.25. The SMILES string of the molecule is CC(C)(C)c1cnc(-c2ccc(C(=O)Cl)cc2)c(Cl)c1. The summed E-state index contributed by atoms with van der Waals surface area (Å²) in [4.78, 5) is 15.5. The Balaban J connectivity index is 2.41. The second-order valence-electron chi connectivity index (χ2n) is 5.66. The van der Waals surface area contributed by atoms with Crippen molar-refractivity contribution in [1.82, 2.24) is 4.98 Å². The van der Waals surface area contributed by atoms with Gasteiger partial charge in [-0.15, -0.1) is 0 Å². The summed E-state index contributed by atoms with van der Waals surface area (Å²) < 4.78 is 0. The van der Waals surface area contributed by atoms with Gasteiger partial charge >= 0.3 is 0 Å². The quantitative estimate of drug-likeness (QED) is 0.724. The lowest BCUT2D eigenvalue weighted by atomic mass is 9.88. The molecule has 0 aliphatic heterocycles. The van der Waals surface area contributed by atoms with E-state index in [2.05, 4.69) is 25.8 Å². The monoisotopic (exact) mass is 307 g/mol. The van der Waals surface area contributed by atoms with E-state index in [1.54, 1.807) is 24.3 Å². The number of nitrogens with zero attached hydrogens (tertiary/aromatic N) is 1. The van der Waals surface area contributed by atoms with E-state index in [1.807, 2.05) is 12.3 Å². The van der Waals surface area contributed by atoms with E-state index < -0.39 is 5.24 Å². The average molecular weight is 308 g/mol. The molecule has 0 aliphatic rings. The first-order chi connectivity index (χ1) is 9.29. The van der Waals surface area contributed by atoms with Crippen molar-refractivity contribution in [1.29, 1.82) is 0 Å². The van der Waals surface area contributed by atoms with Gasteiger partial charge in [0.25, 0.3) is 5.24 Å². The molecular formula is C16H15Cl2NO. The molecule has 0 N–H and O–H groups in total. The molecule has 4 heteroatoms. The normalized spacial score (nSPS) is 11.4. The van der Waals surface area contributed by atoms with Gasteiger partial charge < -0.3 is 0 Å². The Hall–Kier alpha value is -1.38. The van der Waals surface area contributed by atoms with Gasteiger partial charge in [-0.2, -0.15) is 0 Å². The zero-order chi connectivity index (χ0) is 14.9. The topological polar surface area (TPSA) is 30.0 Å². The predicted molar refractivity (Wildman–Crippen MR) is 83.6 cm³/mol. The maximum Gasteiger partial charge on any atom is 0.252 e. The number of benzene rings is 1. The van der Waals surface area contributed by atoms with Crippen molar-refractivity contribution in [2.24, 2.45) is 0 Å². The highest BCUT2D eigenvalue weighted by atomic mass is 35.5. The van der Waals surface area contributed by atoms with Crippen LogP contribution >= 0.6 is 23.2 Å². The number of hydrogen-bond donors (Lipinski definition) is 0. The smallest absolute Gasteiger partial charge is 0.252 e. The summed E-state index contributed by atoms with van der Waals surface area (Å²) in [5.74, 6) is 0. The summed E-state index contributed by atoms with van der Waals surface area (Å²) in [7, 11) is 0. The maximum absolute atomic E-state index is 11.0. The van der Waals surface area contributed by atoms with E-state index in [-0.39, 0.29) is 5.41 Å². The Morgan fingerprint density at radius 3 is 2.20 bits per heavy atom. The minimum atomic E-state index is -0.473. The molecule has 0 spiro atoms. The molecule has 0 bridgehead atoms. The summed E-state index contributed by atoms with van der Waals surface area (Å²) in [5, 5.41) is 0.126. The van der Waals surface area contributed by atoms with Gasteiger partial charge in [-0.25, -0.2) is 0 Å². The van der Waals surface area contributed by atoms with Crippen molar-refractivity contribution < 1.29 is 4.79 Å². The highest BCUT2D eigenvalue weighted by Gasteiger charge is 2.16. The third-order valence-electron chi connectivity index (χ3n) is 3.09. The second kappa shape index (κ2) is 5.55. The van der Waals surface area contributed by atoms with Gasteiger partial charge in [0.1, 0.15) is 0 Å². The molecule has 0 unspecified atom stereocenters. The molecule has 1 heterocycles. The lowest BCUT2D eigenvalue weighted by Gasteiger charge is -2.19. The third-order valence-corrected chi connectivity index (χ3v) is 3.60. The van der Waals surface area contributed by atoms with E-state index in [4.69, 9.17) is 23.2 Å². The number of pyridine rings is 1. The van der Waals surface area contributed by atoms with Crippen LogP contribution in [0.15, 0.2) is 36.5 Å². The van der Waals surface area contributed by atoms with Gasteiger partial charge in [-0.3, -0.25) is 9.78 Å². The Kier molecular flexibility index (Phi) is 4.17. The van der Waals surface area contributed by atoms with Crippen LogP contribution in [0.4, 0.5) is 0 Å². The van der Waals surface area contributed by atoms with Crippen LogP contribution in [0, 0.1) is 0 Å². The molecule has 2 nitrogen and oxygen atoms in total. The van der Waals surface area contributed by atoms with Crippen LogP contribution in [-0.4, -0.2) is 10.2 Å². The standard InChI is InChI=1S/C16H15Cl2NO/c1-16(2,3)12-8-13(17)14(19-9-12)10-4-6-11(7-5-10)15(18)20/h4-9H,1-3H3. The average Bonchev–Trinajstić information content (AvgIpc) is 2.37. The number of carbonyl (C=O) groups is 1. The van der Waals surface area contributed by atoms with Gasteiger partial charge in [0.05, 0.1) is 10.7 Å². The van der Waals surface area contributed by atoms with Crippen molar-refractivity contribution in [2.45, 2.75) is 26.2 Å². The summed E-state index contributed by atoms with van der Waals surface area (Å²) in [6.45, 7) is 6.34. The van der Waals surface area contributed by atoms with Crippen LogP contribution in [0.2, 0.25) is 5.02 Å². The molecule has 1 aromatic heterocycles. The van der Waals surface area contributed by atoms with Crippen molar-refractivity contribution in [2.75, 3.05) is 0 Å². The highest BCUT2D eigenvalue weighted by molar-refractivity contribution is 6.67. The van der Waals surface area contributed by atoms with E-state index >= 15 is 0 Å². The van der Waals surface area contributed by atoms with E-state index in [0.29, 0.717) is 16.3 Å². The minimum absolute atomic E-state index is 0.00404. The summed E-state index contributed by atoms with van der Waals surface area (Å²) >= 11 is 11.7. The summed E-state index contributed by atoms with van der Waals surface area (Å²) in [6, 6.07) is 8.85. The van der Waals surface area contributed by atoms with E-state index in [9.17, 15) is 4.79 Å². The largest absolute Gasteiger partial charge is 0.276 e. The van der Waals surface area contributed by atoms with E-state index in [1.165, 1.54) is 0 Å². The lowest BCUT2D eigenvalue weighted by molar-refractivity contribution is 0.108. The molecule has 0 fully saturated rings. The molecule has 2 rings (SSSR count). The van der Waals surface area contributed by atoms with Gasteiger partial charge in [-0.05, 0) is 40.8 Å². The summed E-state index contributed by atoms with van der Waals surface area (Å²) in [5.41, 5.74) is 3.10. The van der Waals surface area contributed by atoms with Gasteiger partial charge in [0.15, 0.2) is 0 Å². The molecule has 1 aromatic carbocycles. The Morgan fingerprint density at radius 2 is 1.75 bits per heavy atom. The molecule has 0 saturated carbocycles. The number of halogens is 2. The van der Waals surface area contributed by atoms with Crippen molar-refractivity contribution in [3.8, 4) is 11.3 Å².